The summed E-state index contributed by atoms with van der Waals surface area (Å²) < 4.78 is 25.6. The molecule has 26 heavy (non-hydrogen) atoms. The van der Waals surface area contributed by atoms with E-state index in [2.05, 4.69) is 34.7 Å². The molecule has 4 nitrogen and oxygen atoms in total. The van der Waals surface area contributed by atoms with Gasteiger partial charge in [-0.2, -0.15) is 0 Å². The van der Waals surface area contributed by atoms with Crippen molar-refractivity contribution < 1.29 is 8.42 Å². The highest BCUT2D eigenvalue weighted by Crippen LogP contribution is 2.42. The average molecular weight is 366 g/mol. The van der Waals surface area contributed by atoms with Crippen LogP contribution >= 0.6 is 0 Å². The highest BCUT2D eigenvalue weighted by molar-refractivity contribution is 7.91. The van der Waals surface area contributed by atoms with Gasteiger partial charge in [-0.25, -0.2) is 8.42 Å². The fourth-order valence-electron chi connectivity index (χ4n) is 4.78. The molecule has 2 aromatic carbocycles. The van der Waals surface area contributed by atoms with Crippen LogP contribution in [0.4, 0.5) is 0 Å². The largest absolute Gasteiger partial charge is 0.361 e. The highest BCUT2D eigenvalue weighted by atomic mass is 32.2. The van der Waals surface area contributed by atoms with Gasteiger partial charge in [-0.15, -0.1) is 0 Å². The molecule has 1 aliphatic carbocycles. The molecule has 134 valence electrons. The van der Waals surface area contributed by atoms with E-state index in [0.717, 1.165) is 19.4 Å². The van der Waals surface area contributed by atoms with Crippen LogP contribution in [0.3, 0.4) is 0 Å². The molecule has 0 unspecified atom stereocenters. The lowest BCUT2D eigenvalue weighted by Crippen LogP contribution is -2.48. The summed E-state index contributed by atoms with van der Waals surface area (Å²) in [6.07, 6.45) is 4.06. The first-order valence-electron chi connectivity index (χ1n) is 9.22. The molecule has 2 N–H and O–H groups in total. The zero-order valence-electron chi connectivity index (χ0n) is 14.5. The molecule has 3 atom stereocenters. The Balaban J connectivity index is 1.43. The molecule has 2 aliphatic rings. The summed E-state index contributed by atoms with van der Waals surface area (Å²) in [6.45, 7) is 0.767. The van der Waals surface area contributed by atoms with E-state index >= 15 is 0 Å². The Morgan fingerprint density at radius 2 is 1.88 bits per heavy atom. The fourth-order valence-corrected chi connectivity index (χ4v) is 6.42. The standard InChI is InChI=1S/C21H22N2O2S/c24-26(25,16-5-2-1-3-6-16)13-14-9-18-17-7-4-8-19-21(17)15(12-23-19)10-20(18)22-11-14/h1-8,12,14,18,20,22-23H,9-11,13H2/t14-,18-,20-/m1/s1. The topological polar surface area (TPSA) is 62.0 Å². The van der Waals surface area contributed by atoms with Crippen molar-refractivity contribution in [3.05, 3.63) is 65.9 Å². The van der Waals surface area contributed by atoms with Gasteiger partial charge in [0.05, 0.1) is 10.6 Å². The van der Waals surface area contributed by atoms with E-state index < -0.39 is 9.84 Å². The van der Waals surface area contributed by atoms with Crippen LogP contribution in [0, 0.1) is 5.92 Å². The van der Waals surface area contributed by atoms with Crippen molar-refractivity contribution in [2.24, 2.45) is 5.92 Å². The van der Waals surface area contributed by atoms with Crippen molar-refractivity contribution in [1.82, 2.24) is 10.3 Å². The molecule has 3 aromatic rings. The van der Waals surface area contributed by atoms with Gasteiger partial charge in [-0.05, 0) is 54.6 Å². The van der Waals surface area contributed by atoms with Gasteiger partial charge in [0.25, 0.3) is 0 Å². The molecule has 0 bridgehead atoms. The third-order valence-electron chi connectivity index (χ3n) is 5.96. The monoisotopic (exact) mass is 366 g/mol. The normalized spacial score (nSPS) is 25.2. The number of hydrogen-bond acceptors (Lipinski definition) is 3. The van der Waals surface area contributed by atoms with E-state index in [1.165, 1.54) is 22.0 Å². The third kappa shape index (κ3) is 2.58. The molecule has 1 fully saturated rings. The lowest BCUT2D eigenvalue weighted by molar-refractivity contribution is 0.283. The van der Waals surface area contributed by atoms with Gasteiger partial charge in [0.15, 0.2) is 9.84 Å². The average Bonchev–Trinajstić information content (AvgIpc) is 3.07. The van der Waals surface area contributed by atoms with Gasteiger partial charge in [0.1, 0.15) is 0 Å². The molecule has 1 saturated heterocycles. The minimum absolute atomic E-state index is 0.136. The van der Waals surface area contributed by atoms with Crippen molar-refractivity contribution in [2.45, 2.75) is 29.7 Å². The fraction of sp³-hybridized carbons (Fsp3) is 0.333. The maximum Gasteiger partial charge on any atom is 0.178 e. The van der Waals surface area contributed by atoms with Crippen LogP contribution in [0.2, 0.25) is 0 Å². The molecule has 5 heteroatoms. The summed E-state index contributed by atoms with van der Waals surface area (Å²) in [5, 5.41) is 4.99. The van der Waals surface area contributed by atoms with Crippen molar-refractivity contribution in [3.63, 3.8) is 0 Å². The molecular formula is C21H22N2O2S. The molecule has 1 aromatic heterocycles. The van der Waals surface area contributed by atoms with Crippen LogP contribution in [0.15, 0.2) is 59.6 Å². The van der Waals surface area contributed by atoms with Crippen LogP contribution in [-0.2, 0) is 16.3 Å². The molecule has 0 radical (unpaired) electrons. The Hall–Kier alpha value is -2.11. The van der Waals surface area contributed by atoms with Gasteiger partial charge in [-0.3, -0.25) is 0 Å². The number of sulfone groups is 1. The number of aromatic nitrogens is 1. The lowest BCUT2D eigenvalue weighted by atomic mass is 9.73. The minimum atomic E-state index is -3.25. The first-order chi connectivity index (χ1) is 12.6. The number of H-pyrrole nitrogens is 1. The van der Waals surface area contributed by atoms with E-state index in [1.54, 1.807) is 24.3 Å². The first kappa shape index (κ1) is 16.1. The highest BCUT2D eigenvalue weighted by Gasteiger charge is 2.37. The Labute approximate surface area is 153 Å². The van der Waals surface area contributed by atoms with Gasteiger partial charge >= 0.3 is 0 Å². The molecule has 0 saturated carbocycles. The van der Waals surface area contributed by atoms with Crippen LogP contribution in [0.25, 0.3) is 10.9 Å². The Morgan fingerprint density at radius 1 is 1.04 bits per heavy atom. The van der Waals surface area contributed by atoms with Gasteiger partial charge in [0.2, 0.25) is 0 Å². The molecule has 1 aliphatic heterocycles. The van der Waals surface area contributed by atoms with Gasteiger partial charge in [0, 0.05) is 29.1 Å². The van der Waals surface area contributed by atoms with Crippen molar-refractivity contribution in [3.8, 4) is 0 Å². The molecule has 0 spiro atoms. The van der Waals surface area contributed by atoms with Crippen LogP contribution in [0.1, 0.15) is 23.5 Å². The molecular weight excluding hydrogens is 344 g/mol. The maximum atomic E-state index is 12.8. The van der Waals surface area contributed by atoms with Gasteiger partial charge < -0.3 is 10.3 Å². The summed E-state index contributed by atoms with van der Waals surface area (Å²) in [7, 11) is -3.25. The number of rotatable bonds is 3. The van der Waals surface area contributed by atoms with E-state index in [-0.39, 0.29) is 11.7 Å². The van der Waals surface area contributed by atoms with Crippen molar-refractivity contribution in [1.29, 1.82) is 0 Å². The Bertz CT molecular complexity index is 1060. The summed E-state index contributed by atoms with van der Waals surface area (Å²) in [5.41, 5.74) is 3.93. The summed E-state index contributed by atoms with van der Waals surface area (Å²) >= 11 is 0. The zero-order valence-corrected chi connectivity index (χ0v) is 15.3. The van der Waals surface area contributed by atoms with E-state index in [4.69, 9.17) is 0 Å². The number of piperidine rings is 1. The van der Waals surface area contributed by atoms with Crippen molar-refractivity contribution >= 4 is 20.7 Å². The van der Waals surface area contributed by atoms with Crippen LogP contribution in [-0.4, -0.2) is 31.7 Å². The van der Waals surface area contributed by atoms with Crippen LogP contribution in [0.5, 0.6) is 0 Å². The number of aromatic amines is 1. The third-order valence-corrected chi connectivity index (χ3v) is 7.86. The van der Waals surface area contributed by atoms with E-state index in [9.17, 15) is 8.42 Å². The van der Waals surface area contributed by atoms with Gasteiger partial charge in [-0.1, -0.05) is 30.3 Å². The Morgan fingerprint density at radius 3 is 2.73 bits per heavy atom. The zero-order chi connectivity index (χ0) is 17.7. The summed E-state index contributed by atoms with van der Waals surface area (Å²) in [4.78, 5) is 3.81. The maximum absolute atomic E-state index is 12.8. The lowest BCUT2D eigenvalue weighted by Gasteiger charge is -2.40. The number of nitrogens with one attached hydrogen (secondary N) is 2. The second-order valence-electron chi connectivity index (χ2n) is 7.61. The quantitative estimate of drug-likeness (QED) is 0.748. The predicted molar refractivity (Wildman–Crippen MR) is 103 cm³/mol. The minimum Gasteiger partial charge on any atom is -0.361 e. The van der Waals surface area contributed by atoms with Crippen molar-refractivity contribution in [2.75, 3.05) is 12.3 Å². The summed E-state index contributed by atoms with van der Waals surface area (Å²) in [5.74, 6) is 0.729. The summed E-state index contributed by atoms with van der Waals surface area (Å²) in [6, 6.07) is 15.7. The SMILES string of the molecule is O=S(=O)(C[C@H]1CN[C@@H]2Cc3c[nH]c4cccc(c34)[C@H]2C1)c1ccccc1. The first-order valence-corrected chi connectivity index (χ1v) is 10.9. The predicted octanol–water partition coefficient (Wildman–Crippen LogP) is 3.26. The number of benzene rings is 2. The second kappa shape index (κ2) is 5.96. The molecule has 5 rings (SSSR count). The molecule has 2 heterocycles. The van der Waals surface area contributed by atoms with E-state index in [0.29, 0.717) is 16.9 Å². The number of hydrogen-bond donors (Lipinski definition) is 2. The van der Waals surface area contributed by atoms with E-state index in [1.807, 2.05) is 6.07 Å². The Kier molecular flexibility index (Phi) is 3.69. The van der Waals surface area contributed by atoms with Crippen LogP contribution < -0.4 is 5.32 Å². The number of fused-ring (bicyclic) bond motifs is 2. The smallest absolute Gasteiger partial charge is 0.178 e. The molecule has 0 amide bonds. The second-order valence-corrected chi connectivity index (χ2v) is 9.64.